The first-order chi connectivity index (χ1) is 8.14. The molecular formula is C11H21NO5S. The number of carboxylic acid groups (broad SMARTS) is 1. The third-order valence-electron chi connectivity index (χ3n) is 2.24. The Balaban J connectivity index is 4.19. The molecule has 0 rings (SSSR count). The molecule has 0 aliphatic heterocycles. The van der Waals surface area contributed by atoms with Crippen LogP contribution in [-0.4, -0.2) is 55.4 Å². The van der Waals surface area contributed by atoms with Gasteiger partial charge in [-0.2, -0.15) is 0 Å². The molecule has 6 nitrogen and oxygen atoms in total. The molecule has 0 aromatic heterocycles. The van der Waals surface area contributed by atoms with E-state index in [1.165, 1.54) is 11.9 Å². The van der Waals surface area contributed by atoms with Gasteiger partial charge in [0.25, 0.3) is 0 Å². The van der Waals surface area contributed by atoms with E-state index in [1.54, 1.807) is 13.8 Å². The van der Waals surface area contributed by atoms with E-state index in [2.05, 4.69) is 0 Å². The number of rotatable bonds is 8. The number of amides is 1. The quantitative estimate of drug-likeness (QED) is 0.693. The normalized spacial score (nSPS) is 11.6. The van der Waals surface area contributed by atoms with Crippen LogP contribution in [0.2, 0.25) is 0 Å². The number of hydrogen-bond donors (Lipinski definition) is 1. The minimum Gasteiger partial charge on any atom is -0.481 e. The first-order valence-corrected chi connectivity index (χ1v) is 7.62. The van der Waals surface area contributed by atoms with Crippen molar-refractivity contribution in [2.75, 3.05) is 25.1 Å². The van der Waals surface area contributed by atoms with Crippen molar-refractivity contribution in [3.05, 3.63) is 0 Å². The van der Waals surface area contributed by atoms with E-state index in [0.717, 1.165) is 0 Å². The largest absolute Gasteiger partial charge is 0.481 e. The summed E-state index contributed by atoms with van der Waals surface area (Å²) in [6.07, 6.45) is 0.290. The fourth-order valence-electron chi connectivity index (χ4n) is 1.46. The van der Waals surface area contributed by atoms with Crippen molar-refractivity contribution in [2.24, 2.45) is 5.92 Å². The third-order valence-corrected chi connectivity index (χ3v) is 4.10. The highest BCUT2D eigenvalue weighted by Gasteiger charge is 2.20. The van der Waals surface area contributed by atoms with E-state index >= 15 is 0 Å². The van der Waals surface area contributed by atoms with Crippen molar-refractivity contribution in [3.8, 4) is 0 Å². The molecule has 0 fully saturated rings. The zero-order valence-corrected chi connectivity index (χ0v) is 11.9. The van der Waals surface area contributed by atoms with Gasteiger partial charge in [-0.15, -0.1) is 0 Å². The second-order valence-corrected chi connectivity index (χ2v) is 6.87. The Labute approximate surface area is 108 Å². The fourth-order valence-corrected chi connectivity index (χ4v) is 3.19. The molecule has 0 aromatic carbocycles. The molecule has 0 heterocycles. The number of nitrogens with zero attached hydrogens (tertiary/aromatic N) is 1. The van der Waals surface area contributed by atoms with Gasteiger partial charge in [0.15, 0.2) is 9.84 Å². The zero-order valence-electron chi connectivity index (χ0n) is 11.0. The monoisotopic (exact) mass is 279 g/mol. The topological polar surface area (TPSA) is 91.8 Å². The maximum atomic E-state index is 11.6. The molecule has 7 heteroatoms. The van der Waals surface area contributed by atoms with Gasteiger partial charge in [-0.1, -0.05) is 13.8 Å². The SMILES string of the molecule is CC(C)CS(=O)(=O)CC(=O)N(C)CCCC(=O)O. The summed E-state index contributed by atoms with van der Waals surface area (Å²) in [6, 6.07) is 0. The highest BCUT2D eigenvalue weighted by Crippen LogP contribution is 2.03. The van der Waals surface area contributed by atoms with Gasteiger partial charge in [-0.25, -0.2) is 8.42 Å². The first kappa shape index (κ1) is 16.9. The van der Waals surface area contributed by atoms with Crippen molar-refractivity contribution >= 4 is 21.7 Å². The molecule has 0 aliphatic rings. The van der Waals surface area contributed by atoms with Gasteiger partial charge in [0, 0.05) is 20.0 Å². The fraction of sp³-hybridized carbons (Fsp3) is 0.818. The number of carbonyl (C=O) groups excluding carboxylic acids is 1. The summed E-state index contributed by atoms with van der Waals surface area (Å²) in [6.45, 7) is 3.81. The molecule has 0 unspecified atom stereocenters. The first-order valence-electron chi connectivity index (χ1n) is 5.80. The molecule has 0 radical (unpaired) electrons. The molecule has 18 heavy (non-hydrogen) atoms. The number of aliphatic carboxylic acids is 1. The number of carboxylic acids is 1. The highest BCUT2D eigenvalue weighted by molar-refractivity contribution is 7.92. The molecule has 0 bridgehead atoms. The van der Waals surface area contributed by atoms with Crippen LogP contribution < -0.4 is 0 Å². The van der Waals surface area contributed by atoms with Crippen LogP contribution in [0.4, 0.5) is 0 Å². The van der Waals surface area contributed by atoms with Gasteiger partial charge in [-0.05, 0) is 12.3 Å². The Morgan fingerprint density at radius 2 is 1.83 bits per heavy atom. The summed E-state index contributed by atoms with van der Waals surface area (Å²) >= 11 is 0. The van der Waals surface area contributed by atoms with E-state index in [4.69, 9.17) is 5.11 Å². The molecule has 0 atom stereocenters. The lowest BCUT2D eigenvalue weighted by Gasteiger charge is -2.17. The third kappa shape index (κ3) is 8.05. The molecule has 0 aliphatic carbocycles. The van der Waals surface area contributed by atoms with Crippen LogP contribution in [0.5, 0.6) is 0 Å². The lowest BCUT2D eigenvalue weighted by molar-refractivity contribution is -0.137. The molecular weight excluding hydrogens is 258 g/mol. The van der Waals surface area contributed by atoms with Crippen molar-refractivity contribution < 1.29 is 23.1 Å². The van der Waals surface area contributed by atoms with Gasteiger partial charge in [0.1, 0.15) is 5.75 Å². The van der Waals surface area contributed by atoms with E-state index in [0.29, 0.717) is 6.42 Å². The van der Waals surface area contributed by atoms with Crippen LogP contribution in [0.1, 0.15) is 26.7 Å². The highest BCUT2D eigenvalue weighted by atomic mass is 32.2. The lowest BCUT2D eigenvalue weighted by Crippen LogP contribution is -2.34. The molecule has 0 aromatic rings. The molecule has 0 saturated heterocycles. The van der Waals surface area contributed by atoms with Gasteiger partial charge in [0.2, 0.25) is 5.91 Å². The maximum absolute atomic E-state index is 11.6. The van der Waals surface area contributed by atoms with Gasteiger partial charge < -0.3 is 10.0 Å². The van der Waals surface area contributed by atoms with Crippen LogP contribution in [0, 0.1) is 5.92 Å². The minimum absolute atomic E-state index is 0.0122. The van der Waals surface area contributed by atoms with Crippen molar-refractivity contribution in [2.45, 2.75) is 26.7 Å². The van der Waals surface area contributed by atoms with E-state index in [-0.39, 0.29) is 24.6 Å². The van der Waals surface area contributed by atoms with Crippen LogP contribution in [0.25, 0.3) is 0 Å². The standard InChI is InChI=1S/C11H21NO5S/c1-9(2)7-18(16,17)8-10(13)12(3)6-4-5-11(14)15/h9H,4-8H2,1-3H3,(H,14,15). The Morgan fingerprint density at radius 3 is 2.28 bits per heavy atom. The van der Waals surface area contributed by atoms with E-state index < -0.39 is 27.5 Å². The van der Waals surface area contributed by atoms with E-state index in [1.807, 2.05) is 0 Å². The van der Waals surface area contributed by atoms with Gasteiger partial charge in [-0.3, -0.25) is 9.59 Å². The second-order valence-electron chi connectivity index (χ2n) is 4.76. The van der Waals surface area contributed by atoms with Gasteiger partial charge >= 0.3 is 5.97 Å². The van der Waals surface area contributed by atoms with Crippen molar-refractivity contribution in [1.82, 2.24) is 4.90 Å². The van der Waals surface area contributed by atoms with Crippen molar-refractivity contribution in [3.63, 3.8) is 0 Å². The summed E-state index contributed by atoms with van der Waals surface area (Å²) in [4.78, 5) is 23.2. The molecule has 106 valence electrons. The number of sulfone groups is 1. The molecule has 0 spiro atoms. The summed E-state index contributed by atoms with van der Waals surface area (Å²) < 4.78 is 23.2. The molecule has 0 saturated carbocycles. The Hall–Kier alpha value is -1.11. The average molecular weight is 279 g/mol. The van der Waals surface area contributed by atoms with Crippen LogP contribution in [0.15, 0.2) is 0 Å². The number of carbonyl (C=O) groups is 2. The summed E-state index contributed by atoms with van der Waals surface area (Å²) in [7, 11) is -1.89. The van der Waals surface area contributed by atoms with Crippen molar-refractivity contribution in [1.29, 1.82) is 0 Å². The molecule has 1 amide bonds. The minimum atomic E-state index is -3.37. The Morgan fingerprint density at radius 1 is 1.28 bits per heavy atom. The van der Waals surface area contributed by atoms with Crippen LogP contribution in [-0.2, 0) is 19.4 Å². The maximum Gasteiger partial charge on any atom is 0.303 e. The zero-order chi connectivity index (χ0) is 14.3. The summed E-state index contributed by atoms with van der Waals surface area (Å²) in [5.41, 5.74) is 0. The Bertz CT molecular complexity index is 388. The van der Waals surface area contributed by atoms with Crippen LogP contribution in [0.3, 0.4) is 0 Å². The predicted octanol–water partition coefficient (Wildman–Crippen LogP) is 0.380. The molecule has 1 N–H and O–H groups in total. The predicted molar refractivity (Wildman–Crippen MR) is 68.0 cm³/mol. The van der Waals surface area contributed by atoms with Crippen LogP contribution >= 0.6 is 0 Å². The summed E-state index contributed by atoms with van der Waals surface area (Å²) in [5, 5.41) is 8.45. The smallest absolute Gasteiger partial charge is 0.303 e. The average Bonchev–Trinajstić information content (AvgIpc) is 2.13. The second kappa shape index (κ2) is 7.35. The van der Waals surface area contributed by atoms with E-state index in [9.17, 15) is 18.0 Å². The number of hydrogen-bond acceptors (Lipinski definition) is 4. The summed E-state index contributed by atoms with van der Waals surface area (Å²) in [5.74, 6) is -1.94. The lowest BCUT2D eigenvalue weighted by atomic mass is 10.3. The van der Waals surface area contributed by atoms with Gasteiger partial charge in [0.05, 0.1) is 5.75 Å². The Kier molecular flexibility index (Phi) is 6.90.